The van der Waals surface area contributed by atoms with Gasteiger partial charge in [-0.3, -0.25) is 4.79 Å². The average Bonchev–Trinajstić information content (AvgIpc) is 2.76. The van der Waals surface area contributed by atoms with Gasteiger partial charge in [0.2, 0.25) is 5.91 Å². The molecule has 1 unspecified atom stereocenters. The van der Waals surface area contributed by atoms with E-state index in [1.807, 2.05) is 0 Å². The number of rotatable bonds is 5. The molecule has 1 aliphatic rings. The van der Waals surface area contributed by atoms with Crippen LogP contribution >= 0.6 is 0 Å². The summed E-state index contributed by atoms with van der Waals surface area (Å²) in [5.41, 5.74) is -0.534. The van der Waals surface area contributed by atoms with Crippen LogP contribution in [0.15, 0.2) is 0 Å². The molecule has 0 bridgehead atoms. The standard InChI is InChI=1S/C14H25NO4/c1-10(13(17)19-14(2,3)4)15-12(16)8-7-11-6-5-9-18-11/h10-11H,5-9H2,1-4H3,(H,15,16)/t10-,11?/m0/s1. The molecule has 0 aromatic carbocycles. The minimum absolute atomic E-state index is 0.131. The smallest absolute Gasteiger partial charge is 0.328 e. The van der Waals surface area contributed by atoms with Gasteiger partial charge in [0.1, 0.15) is 11.6 Å². The third kappa shape index (κ3) is 6.57. The normalized spacial score (nSPS) is 20.9. The minimum Gasteiger partial charge on any atom is -0.458 e. The van der Waals surface area contributed by atoms with Gasteiger partial charge in [-0.05, 0) is 47.0 Å². The zero-order chi connectivity index (χ0) is 14.5. The van der Waals surface area contributed by atoms with E-state index < -0.39 is 17.6 Å². The molecule has 0 saturated carbocycles. The van der Waals surface area contributed by atoms with Crippen LogP contribution in [0, 0.1) is 0 Å². The summed E-state index contributed by atoms with van der Waals surface area (Å²) in [5.74, 6) is -0.535. The Hall–Kier alpha value is -1.10. The molecule has 1 fully saturated rings. The maximum atomic E-state index is 11.7. The summed E-state index contributed by atoms with van der Waals surface area (Å²) in [6.07, 6.45) is 3.39. The molecule has 19 heavy (non-hydrogen) atoms. The van der Waals surface area contributed by atoms with Crippen molar-refractivity contribution in [2.45, 2.75) is 71.1 Å². The molecule has 1 rings (SSSR count). The van der Waals surface area contributed by atoms with Crippen LogP contribution in [0.3, 0.4) is 0 Å². The maximum Gasteiger partial charge on any atom is 0.328 e. The molecule has 110 valence electrons. The first-order chi connectivity index (χ1) is 8.78. The average molecular weight is 271 g/mol. The van der Waals surface area contributed by atoms with Crippen LogP contribution in [0.25, 0.3) is 0 Å². The van der Waals surface area contributed by atoms with Gasteiger partial charge in [-0.25, -0.2) is 4.79 Å². The van der Waals surface area contributed by atoms with Crippen molar-refractivity contribution in [3.8, 4) is 0 Å². The molecular formula is C14H25NO4. The molecular weight excluding hydrogens is 246 g/mol. The number of hydrogen-bond acceptors (Lipinski definition) is 4. The highest BCUT2D eigenvalue weighted by Crippen LogP contribution is 2.16. The molecule has 2 atom stereocenters. The van der Waals surface area contributed by atoms with Gasteiger partial charge in [0.05, 0.1) is 6.10 Å². The lowest BCUT2D eigenvalue weighted by atomic mass is 10.1. The molecule has 1 amide bonds. The Kier molecular flexibility index (Phi) is 5.79. The van der Waals surface area contributed by atoms with Gasteiger partial charge in [-0.2, -0.15) is 0 Å². The topological polar surface area (TPSA) is 64.6 Å². The van der Waals surface area contributed by atoms with E-state index in [9.17, 15) is 9.59 Å². The van der Waals surface area contributed by atoms with Gasteiger partial charge in [0.25, 0.3) is 0 Å². The summed E-state index contributed by atoms with van der Waals surface area (Å²) in [7, 11) is 0. The molecule has 0 aromatic rings. The third-order valence-corrected chi connectivity index (χ3v) is 2.86. The van der Waals surface area contributed by atoms with Crippen molar-refractivity contribution in [2.75, 3.05) is 6.61 Å². The zero-order valence-corrected chi connectivity index (χ0v) is 12.3. The summed E-state index contributed by atoms with van der Waals surface area (Å²) in [6.45, 7) is 7.84. The van der Waals surface area contributed by atoms with Crippen LogP contribution in [0.5, 0.6) is 0 Å². The van der Waals surface area contributed by atoms with E-state index in [1.54, 1.807) is 27.7 Å². The fourth-order valence-corrected chi connectivity index (χ4v) is 1.93. The summed E-state index contributed by atoms with van der Waals surface area (Å²) in [6, 6.07) is -0.615. The Morgan fingerprint density at radius 3 is 2.63 bits per heavy atom. The molecule has 1 heterocycles. The van der Waals surface area contributed by atoms with Crippen molar-refractivity contribution in [1.29, 1.82) is 0 Å². The molecule has 0 aliphatic carbocycles. The van der Waals surface area contributed by atoms with Crippen molar-refractivity contribution in [1.82, 2.24) is 5.32 Å². The summed E-state index contributed by atoms with van der Waals surface area (Å²) in [5, 5.41) is 2.66. The maximum absolute atomic E-state index is 11.7. The Morgan fingerprint density at radius 2 is 2.11 bits per heavy atom. The molecule has 0 radical (unpaired) electrons. The first-order valence-corrected chi connectivity index (χ1v) is 6.92. The first kappa shape index (κ1) is 16.0. The van der Waals surface area contributed by atoms with Crippen LogP contribution in [0.2, 0.25) is 0 Å². The van der Waals surface area contributed by atoms with E-state index in [-0.39, 0.29) is 12.0 Å². The van der Waals surface area contributed by atoms with Crippen molar-refractivity contribution in [3.63, 3.8) is 0 Å². The van der Waals surface area contributed by atoms with Crippen LogP contribution in [0.4, 0.5) is 0 Å². The predicted octanol–water partition coefficient (Wildman–Crippen LogP) is 1.79. The highest BCUT2D eigenvalue weighted by atomic mass is 16.6. The first-order valence-electron chi connectivity index (χ1n) is 6.92. The summed E-state index contributed by atoms with van der Waals surface area (Å²) < 4.78 is 10.6. The van der Waals surface area contributed by atoms with Gasteiger partial charge in [-0.15, -0.1) is 0 Å². The van der Waals surface area contributed by atoms with Crippen LogP contribution in [-0.2, 0) is 19.1 Å². The Bertz CT molecular complexity index is 316. The minimum atomic E-state index is -0.615. The molecule has 5 heteroatoms. The molecule has 1 aliphatic heterocycles. The highest BCUT2D eigenvalue weighted by molar-refractivity contribution is 5.84. The van der Waals surface area contributed by atoms with E-state index in [2.05, 4.69) is 5.32 Å². The Balaban J connectivity index is 2.24. The van der Waals surface area contributed by atoms with Gasteiger partial charge >= 0.3 is 5.97 Å². The van der Waals surface area contributed by atoms with Crippen molar-refractivity contribution < 1.29 is 19.1 Å². The van der Waals surface area contributed by atoms with E-state index in [1.165, 1.54) is 0 Å². The van der Waals surface area contributed by atoms with Gasteiger partial charge in [0, 0.05) is 13.0 Å². The Morgan fingerprint density at radius 1 is 1.42 bits per heavy atom. The van der Waals surface area contributed by atoms with Crippen molar-refractivity contribution >= 4 is 11.9 Å². The monoisotopic (exact) mass is 271 g/mol. The number of nitrogens with one attached hydrogen (secondary N) is 1. The lowest BCUT2D eigenvalue weighted by Crippen LogP contribution is -2.42. The molecule has 0 spiro atoms. The number of amides is 1. The second-order valence-corrected chi connectivity index (χ2v) is 6.00. The number of esters is 1. The quantitative estimate of drug-likeness (QED) is 0.774. The largest absolute Gasteiger partial charge is 0.458 e. The second kappa shape index (κ2) is 6.89. The Labute approximate surface area is 115 Å². The van der Waals surface area contributed by atoms with Gasteiger partial charge in [-0.1, -0.05) is 0 Å². The van der Waals surface area contributed by atoms with E-state index in [4.69, 9.17) is 9.47 Å². The van der Waals surface area contributed by atoms with Crippen LogP contribution in [0.1, 0.15) is 53.4 Å². The molecule has 0 aromatic heterocycles. The van der Waals surface area contributed by atoms with Crippen molar-refractivity contribution in [3.05, 3.63) is 0 Å². The van der Waals surface area contributed by atoms with Crippen molar-refractivity contribution in [2.24, 2.45) is 0 Å². The summed E-state index contributed by atoms with van der Waals surface area (Å²) >= 11 is 0. The molecule has 1 N–H and O–H groups in total. The number of hydrogen-bond donors (Lipinski definition) is 1. The zero-order valence-electron chi connectivity index (χ0n) is 12.3. The number of ether oxygens (including phenoxy) is 2. The van der Waals surface area contributed by atoms with E-state index in [0.717, 1.165) is 19.4 Å². The van der Waals surface area contributed by atoms with Crippen LogP contribution in [-0.4, -0.2) is 36.2 Å². The summed E-state index contributed by atoms with van der Waals surface area (Å²) in [4.78, 5) is 23.4. The van der Waals surface area contributed by atoms with E-state index >= 15 is 0 Å². The third-order valence-electron chi connectivity index (χ3n) is 2.86. The SMILES string of the molecule is C[C@H](NC(=O)CCC1CCCO1)C(=O)OC(C)(C)C. The molecule has 5 nitrogen and oxygen atoms in total. The molecule has 1 saturated heterocycles. The fraction of sp³-hybridized carbons (Fsp3) is 0.857. The van der Waals surface area contributed by atoms with E-state index in [0.29, 0.717) is 12.8 Å². The lowest BCUT2D eigenvalue weighted by molar-refractivity contribution is -0.158. The van der Waals surface area contributed by atoms with Crippen LogP contribution < -0.4 is 5.32 Å². The lowest BCUT2D eigenvalue weighted by Gasteiger charge is -2.22. The second-order valence-electron chi connectivity index (χ2n) is 6.00. The number of carbonyl (C=O) groups excluding carboxylic acids is 2. The number of carbonyl (C=O) groups is 2. The fourth-order valence-electron chi connectivity index (χ4n) is 1.93. The highest BCUT2D eigenvalue weighted by Gasteiger charge is 2.23. The van der Waals surface area contributed by atoms with Gasteiger partial charge in [0.15, 0.2) is 0 Å². The predicted molar refractivity (Wildman–Crippen MR) is 71.7 cm³/mol. The van der Waals surface area contributed by atoms with Gasteiger partial charge < -0.3 is 14.8 Å².